The number of hydrogen-bond donors (Lipinski definition) is 2. The number of para-hydroxylation sites is 1. The van der Waals surface area contributed by atoms with Gasteiger partial charge in [-0.1, -0.05) is 24.2 Å². The van der Waals surface area contributed by atoms with Gasteiger partial charge < -0.3 is 15.8 Å². The van der Waals surface area contributed by atoms with Crippen molar-refractivity contribution in [3.8, 4) is 0 Å². The Hall–Kier alpha value is -1.71. The van der Waals surface area contributed by atoms with E-state index < -0.39 is 0 Å². The van der Waals surface area contributed by atoms with Crippen LogP contribution in [-0.2, 0) is 0 Å². The Morgan fingerprint density at radius 1 is 1.33 bits per heavy atom. The highest BCUT2D eigenvalue weighted by Gasteiger charge is 2.17. The van der Waals surface area contributed by atoms with Gasteiger partial charge in [0.1, 0.15) is 0 Å². The highest BCUT2D eigenvalue weighted by atomic mass is 16.4. The summed E-state index contributed by atoms with van der Waals surface area (Å²) in [7, 11) is 0. The Morgan fingerprint density at radius 3 is 2.89 bits per heavy atom. The SMILES string of the molecule is CC1CCCN(c2ccccc2C(N)=NO)CC1. The number of anilines is 1. The summed E-state index contributed by atoms with van der Waals surface area (Å²) in [6.45, 7) is 4.38. The van der Waals surface area contributed by atoms with Crippen molar-refractivity contribution < 1.29 is 5.21 Å². The average molecular weight is 247 g/mol. The fraction of sp³-hybridized carbons (Fsp3) is 0.500. The summed E-state index contributed by atoms with van der Waals surface area (Å²) in [5.41, 5.74) is 7.63. The number of oxime groups is 1. The van der Waals surface area contributed by atoms with Gasteiger partial charge in [0.15, 0.2) is 5.84 Å². The van der Waals surface area contributed by atoms with Crippen LogP contribution in [0.5, 0.6) is 0 Å². The van der Waals surface area contributed by atoms with Gasteiger partial charge in [-0.15, -0.1) is 0 Å². The van der Waals surface area contributed by atoms with Crippen molar-refractivity contribution in [1.82, 2.24) is 0 Å². The van der Waals surface area contributed by atoms with Crippen molar-refractivity contribution in [2.45, 2.75) is 26.2 Å². The first-order chi connectivity index (χ1) is 8.72. The van der Waals surface area contributed by atoms with Crippen LogP contribution < -0.4 is 10.6 Å². The molecule has 0 aliphatic carbocycles. The summed E-state index contributed by atoms with van der Waals surface area (Å²) in [4.78, 5) is 2.34. The highest BCUT2D eigenvalue weighted by Crippen LogP contribution is 2.25. The zero-order chi connectivity index (χ0) is 13.0. The third-order valence-corrected chi connectivity index (χ3v) is 3.65. The van der Waals surface area contributed by atoms with Gasteiger partial charge in [-0.3, -0.25) is 0 Å². The van der Waals surface area contributed by atoms with Gasteiger partial charge in [0.25, 0.3) is 0 Å². The molecule has 0 amide bonds. The summed E-state index contributed by atoms with van der Waals surface area (Å²) >= 11 is 0. The summed E-state index contributed by atoms with van der Waals surface area (Å²) in [6.07, 6.45) is 3.68. The lowest BCUT2D eigenvalue weighted by atomic mass is 10.0. The van der Waals surface area contributed by atoms with E-state index in [0.717, 1.165) is 30.3 Å². The maximum atomic E-state index is 8.85. The fourth-order valence-corrected chi connectivity index (χ4v) is 2.52. The summed E-state index contributed by atoms with van der Waals surface area (Å²) in [6, 6.07) is 7.86. The molecule has 0 spiro atoms. The standard InChI is InChI=1S/C14H21N3O/c1-11-5-4-9-17(10-8-11)13-7-3-2-6-12(13)14(15)16-18/h2-3,6-7,11,18H,4-5,8-10H2,1H3,(H2,15,16). The van der Waals surface area contributed by atoms with E-state index in [2.05, 4.69) is 17.0 Å². The predicted molar refractivity (Wildman–Crippen MR) is 74.2 cm³/mol. The number of hydrogen-bond acceptors (Lipinski definition) is 3. The van der Waals surface area contributed by atoms with Gasteiger partial charge in [0.05, 0.1) is 0 Å². The molecular formula is C14H21N3O. The fourth-order valence-electron chi connectivity index (χ4n) is 2.52. The molecule has 18 heavy (non-hydrogen) atoms. The second-order valence-corrected chi connectivity index (χ2v) is 5.03. The Labute approximate surface area is 108 Å². The second-order valence-electron chi connectivity index (χ2n) is 5.03. The van der Waals surface area contributed by atoms with E-state index in [1.807, 2.05) is 24.3 Å². The minimum absolute atomic E-state index is 0.183. The first kappa shape index (κ1) is 12.7. The maximum Gasteiger partial charge on any atom is 0.172 e. The summed E-state index contributed by atoms with van der Waals surface area (Å²) in [5, 5.41) is 12.0. The van der Waals surface area contributed by atoms with E-state index in [1.165, 1.54) is 19.3 Å². The van der Waals surface area contributed by atoms with E-state index >= 15 is 0 Å². The van der Waals surface area contributed by atoms with E-state index in [0.29, 0.717) is 0 Å². The van der Waals surface area contributed by atoms with Crippen molar-refractivity contribution in [3.05, 3.63) is 29.8 Å². The molecule has 0 saturated carbocycles. The smallest absolute Gasteiger partial charge is 0.172 e. The minimum atomic E-state index is 0.183. The molecular weight excluding hydrogens is 226 g/mol. The number of nitrogens with two attached hydrogens (primary N) is 1. The Kier molecular flexibility index (Phi) is 4.07. The van der Waals surface area contributed by atoms with Crippen molar-refractivity contribution >= 4 is 11.5 Å². The van der Waals surface area contributed by atoms with E-state index in [-0.39, 0.29) is 5.84 Å². The monoisotopic (exact) mass is 247 g/mol. The van der Waals surface area contributed by atoms with Crippen LogP contribution in [-0.4, -0.2) is 24.1 Å². The molecule has 1 heterocycles. The largest absolute Gasteiger partial charge is 0.409 e. The Balaban J connectivity index is 2.27. The first-order valence-electron chi connectivity index (χ1n) is 6.54. The third-order valence-electron chi connectivity index (χ3n) is 3.65. The topological polar surface area (TPSA) is 61.8 Å². The van der Waals surface area contributed by atoms with Crippen LogP contribution in [0, 0.1) is 5.92 Å². The van der Waals surface area contributed by atoms with Gasteiger partial charge in [0.2, 0.25) is 0 Å². The zero-order valence-electron chi connectivity index (χ0n) is 10.8. The number of amidine groups is 1. The molecule has 1 aromatic rings. The van der Waals surface area contributed by atoms with Gasteiger partial charge in [-0.2, -0.15) is 0 Å². The van der Waals surface area contributed by atoms with Crippen LogP contribution in [0.2, 0.25) is 0 Å². The number of benzene rings is 1. The molecule has 2 rings (SSSR count). The molecule has 0 aromatic heterocycles. The molecule has 0 radical (unpaired) electrons. The van der Waals surface area contributed by atoms with Crippen LogP contribution in [0.1, 0.15) is 31.7 Å². The zero-order valence-corrected chi connectivity index (χ0v) is 10.8. The molecule has 1 aliphatic rings. The minimum Gasteiger partial charge on any atom is -0.409 e. The molecule has 98 valence electrons. The lowest BCUT2D eigenvalue weighted by Crippen LogP contribution is -2.27. The van der Waals surface area contributed by atoms with Crippen molar-refractivity contribution in [2.24, 2.45) is 16.8 Å². The van der Waals surface area contributed by atoms with E-state index in [1.54, 1.807) is 0 Å². The van der Waals surface area contributed by atoms with E-state index in [4.69, 9.17) is 10.9 Å². The quantitative estimate of drug-likeness (QED) is 0.365. The number of nitrogens with zero attached hydrogens (tertiary/aromatic N) is 2. The second kappa shape index (κ2) is 5.76. The molecule has 1 aliphatic heterocycles. The van der Waals surface area contributed by atoms with Crippen molar-refractivity contribution in [2.75, 3.05) is 18.0 Å². The first-order valence-corrected chi connectivity index (χ1v) is 6.54. The normalized spacial score (nSPS) is 21.7. The number of rotatable bonds is 2. The van der Waals surface area contributed by atoms with Crippen LogP contribution >= 0.6 is 0 Å². The molecule has 1 fully saturated rings. The molecule has 1 unspecified atom stereocenters. The summed E-state index contributed by atoms with van der Waals surface area (Å²) in [5.74, 6) is 0.967. The Morgan fingerprint density at radius 2 is 2.11 bits per heavy atom. The van der Waals surface area contributed by atoms with Crippen molar-refractivity contribution in [3.63, 3.8) is 0 Å². The molecule has 1 atom stereocenters. The van der Waals surface area contributed by atoms with Gasteiger partial charge in [0, 0.05) is 24.3 Å². The maximum absolute atomic E-state index is 8.85. The van der Waals surface area contributed by atoms with Crippen LogP contribution in [0.25, 0.3) is 0 Å². The average Bonchev–Trinajstić information content (AvgIpc) is 2.62. The molecule has 0 bridgehead atoms. The van der Waals surface area contributed by atoms with Crippen LogP contribution in [0.4, 0.5) is 5.69 Å². The summed E-state index contributed by atoms with van der Waals surface area (Å²) < 4.78 is 0. The van der Waals surface area contributed by atoms with Gasteiger partial charge in [-0.05, 0) is 37.3 Å². The van der Waals surface area contributed by atoms with Gasteiger partial charge >= 0.3 is 0 Å². The molecule has 4 nitrogen and oxygen atoms in total. The molecule has 1 saturated heterocycles. The van der Waals surface area contributed by atoms with Crippen LogP contribution in [0.3, 0.4) is 0 Å². The predicted octanol–water partition coefficient (Wildman–Crippen LogP) is 2.41. The lowest BCUT2D eigenvalue weighted by molar-refractivity contribution is 0.318. The lowest BCUT2D eigenvalue weighted by Gasteiger charge is -2.25. The van der Waals surface area contributed by atoms with E-state index in [9.17, 15) is 0 Å². The Bertz CT molecular complexity index is 431. The van der Waals surface area contributed by atoms with Crippen LogP contribution in [0.15, 0.2) is 29.4 Å². The highest BCUT2D eigenvalue weighted by molar-refractivity contribution is 6.02. The molecule has 1 aromatic carbocycles. The third kappa shape index (κ3) is 2.75. The van der Waals surface area contributed by atoms with Gasteiger partial charge in [-0.25, -0.2) is 0 Å². The van der Waals surface area contributed by atoms with Crippen molar-refractivity contribution in [1.29, 1.82) is 0 Å². The molecule has 4 heteroatoms. The molecule has 3 N–H and O–H groups in total.